The largest absolute Gasteiger partial charge is 0.377 e. The molecule has 6 rings (SSSR count). The van der Waals surface area contributed by atoms with Crippen LogP contribution in [-0.4, -0.2) is 10.2 Å². The van der Waals surface area contributed by atoms with E-state index in [0.29, 0.717) is 29.5 Å². The summed E-state index contributed by atoms with van der Waals surface area (Å²) in [5, 5.41) is 21.9. The maximum Gasteiger partial charge on any atom is 0.177 e. The predicted molar refractivity (Wildman–Crippen MR) is 168 cm³/mol. The molecule has 0 spiro atoms. The maximum atomic E-state index is 14.0. The second kappa shape index (κ2) is 14.1. The Labute approximate surface area is 245 Å². The minimum Gasteiger partial charge on any atom is -0.377 e. The molecule has 0 heterocycles. The van der Waals surface area contributed by atoms with Gasteiger partial charge in [0.25, 0.3) is 0 Å². The quantitative estimate of drug-likeness (QED) is 0.187. The average Bonchev–Trinajstić information content (AvgIpc) is 3.26. The number of aryl methyl sites for hydroxylation is 3. The minimum atomic E-state index is -1.55. The third-order valence-electron chi connectivity index (χ3n) is 7.58. The molecule has 41 heavy (non-hydrogen) atoms. The van der Waals surface area contributed by atoms with Gasteiger partial charge in [-0.15, -0.1) is 6.42 Å². The fraction of sp³-hybridized carbons (Fsp3) is 0.263. The Kier molecular flexibility index (Phi) is 10.8. The number of benzene rings is 4. The predicted octanol–water partition coefficient (Wildman–Crippen LogP) is 8.05. The van der Waals surface area contributed by atoms with Crippen LogP contribution < -0.4 is 0 Å². The van der Waals surface area contributed by atoms with E-state index in [0.717, 1.165) is 29.5 Å². The molecule has 4 aromatic rings. The van der Waals surface area contributed by atoms with E-state index in [1.807, 2.05) is 88.4 Å². The Morgan fingerprint density at radius 2 is 1.07 bits per heavy atom. The number of rotatable bonds is 1. The summed E-state index contributed by atoms with van der Waals surface area (Å²) in [5.41, 5.74) is 4.37. The molecule has 0 aromatic heterocycles. The van der Waals surface area contributed by atoms with Crippen LogP contribution in [0.5, 0.6) is 0 Å². The van der Waals surface area contributed by atoms with Gasteiger partial charge in [0.15, 0.2) is 5.60 Å². The summed E-state index contributed by atoms with van der Waals surface area (Å²) in [6.45, 7) is 11.8. The molecule has 1 unspecified atom stereocenters. The number of hydrogen-bond acceptors (Lipinski definition) is 2. The summed E-state index contributed by atoms with van der Waals surface area (Å²) >= 11 is 0. The van der Waals surface area contributed by atoms with Crippen molar-refractivity contribution in [3.8, 4) is 12.3 Å². The Hall–Kier alpha value is -3.97. The van der Waals surface area contributed by atoms with E-state index in [-0.39, 0.29) is 5.82 Å². The van der Waals surface area contributed by atoms with E-state index in [9.17, 15) is 14.6 Å². The Balaban J connectivity index is 0.000000202. The van der Waals surface area contributed by atoms with Crippen molar-refractivity contribution in [2.24, 2.45) is 0 Å². The first-order valence-corrected chi connectivity index (χ1v) is 14.5. The van der Waals surface area contributed by atoms with Gasteiger partial charge < -0.3 is 10.2 Å². The number of hydrogen-bond donors (Lipinski definition) is 2. The van der Waals surface area contributed by atoms with E-state index < -0.39 is 11.2 Å². The molecule has 2 aliphatic rings. The first-order chi connectivity index (χ1) is 19.9. The molecule has 0 radical (unpaired) electrons. The fourth-order valence-corrected chi connectivity index (χ4v) is 5.66. The molecular formula is C38H41FO2. The van der Waals surface area contributed by atoms with Crippen LogP contribution >= 0.6 is 0 Å². The van der Waals surface area contributed by atoms with E-state index in [2.05, 4.69) is 24.6 Å². The lowest BCUT2D eigenvalue weighted by Crippen LogP contribution is -2.26. The Bertz CT molecular complexity index is 1470. The fourth-order valence-electron chi connectivity index (χ4n) is 5.66. The smallest absolute Gasteiger partial charge is 0.177 e. The van der Waals surface area contributed by atoms with E-state index in [1.165, 1.54) is 17.2 Å². The van der Waals surface area contributed by atoms with Crippen molar-refractivity contribution in [2.75, 3.05) is 0 Å². The molecule has 1 atom stereocenters. The Morgan fingerprint density at radius 3 is 1.56 bits per heavy atom. The number of halogens is 1. The van der Waals surface area contributed by atoms with Crippen LogP contribution in [0.25, 0.3) is 0 Å². The molecule has 4 aromatic carbocycles. The molecule has 212 valence electrons. The van der Waals surface area contributed by atoms with Crippen molar-refractivity contribution in [3.05, 3.63) is 154 Å². The molecule has 2 aliphatic carbocycles. The molecule has 0 saturated heterocycles. The van der Waals surface area contributed by atoms with Crippen LogP contribution in [0.15, 0.2) is 104 Å². The highest BCUT2D eigenvalue weighted by Crippen LogP contribution is 2.39. The molecular weight excluding hydrogens is 507 g/mol. The van der Waals surface area contributed by atoms with Crippen molar-refractivity contribution in [2.45, 2.75) is 64.6 Å². The summed E-state index contributed by atoms with van der Waals surface area (Å²) in [5.74, 6) is 2.14. The summed E-state index contributed by atoms with van der Waals surface area (Å²) in [7, 11) is 0. The number of fused-ring (bicyclic) bond motifs is 4. The van der Waals surface area contributed by atoms with Gasteiger partial charge in [0.2, 0.25) is 0 Å². The van der Waals surface area contributed by atoms with Crippen molar-refractivity contribution < 1.29 is 14.6 Å². The third-order valence-corrected chi connectivity index (χ3v) is 7.58. The van der Waals surface area contributed by atoms with E-state index in [1.54, 1.807) is 18.2 Å². The van der Waals surface area contributed by atoms with Gasteiger partial charge >= 0.3 is 0 Å². The second-order valence-corrected chi connectivity index (χ2v) is 9.56. The van der Waals surface area contributed by atoms with Crippen LogP contribution in [0.3, 0.4) is 0 Å². The van der Waals surface area contributed by atoms with Gasteiger partial charge in [-0.05, 0) is 65.1 Å². The minimum absolute atomic E-state index is 0.306. The SMILES string of the molecule is C#CC1(O)c2ccccc2CCc2c(F)cccc21.C=CC1(O)c2ccccc2CCc2ccccc21.CC.CC. The van der Waals surface area contributed by atoms with Crippen molar-refractivity contribution in [1.29, 1.82) is 0 Å². The molecule has 0 fully saturated rings. The van der Waals surface area contributed by atoms with Gasteiger partial charge in [-0.2, -0.15) is 0 Å². The molecule has 0 amide bonds. The first-order valence-electron chi connectivity index (χ1n) is 14.5. The zero-order chi connectivity index (χ0) is 30.0. The molecule has 2 N–H and O–H groups in total. The lowest BCUT2D eigenvalue weighted by molar-refractivity contribution is 0.134. The molecule has 0 aliphatic heterocycles. The zero-order valence-electron chi connectivity index (χ0n) is 24.6. The zero-order valence-corrected chi connectivity index (χ0v) is 24.6. The van der Waals surface area contributed by atoms with Crippen LogP contribution in [0.2, 0.25) is 0 Å². The summed E-state index contributed by atoms with van der Waals surface area (Å²) in [6, 6.07) is 28.4. The monoisotopic (exact) mass is 548 g/mol. The second-order valence-electron chi connectivity index (χ2n) is 9.56. The summed E-state index contributed by atoms with van der Waals surface area (Å²) in [6.07, 6.45) is 10.4. The highest BCUT2D eigenvalue weighted by molar-refractivity contribution is 5.53. The molecule has 3 heteroatoms. The number of terminal acetylenes is 1. The normalized spacial score (nSPS) is 17.1. The summed E-state index contributed by atoms with van der Waals surface area (Å²) in [4.78, 5) is 0. The third kappa shape index (κ3) is 6.05. The van der Waals surface area contributed by atoms with Gasteiger partial charge in [0.05, 0.1) is 0 Å². The molecule has 0 saturated carbocycles. The molecule has 2 nitrogen and oxygen atoms in total. The van der Waals surface area contributed by atoms with Gasteiger partial charge in [-0.25, -0.2) is 4.39 Å². The van der Waals surface area contributed by atoms with E-state index in [4.69, 9.17) is 6.42 Å². The van der Waals surface area contributed by atoms with Crippen LogP contribution in [0.4, 0.5) is 4.39 Å². The average molecular weight is 549 g/mol. The highest BCUT2D eigenvalue weighted by Gasteiger charge is 2.36. The van der Waals surface area contributed by atoms with Crippen molar-refractivity contribution in [1.82, 2.24) is 0 Å². The van der Waals surface area contributed by atoms with Gasteiger partial charge in [0, 0.05) is 11.1 Å². The summed E-state index contributed by atoms with van der Waals surface area (Å²) < 4.78 is 14.0. The number of aliphatic hydroxyl groups is 2. The topological polar surface area (TPSA) is 40.5 Å². The van der Waals surface area contributed by atoms with Crippen LogP contribution in [0.1, 0.15) is 72.2 Å². The van der Waals surface area contributed by atoms with Crippen LogP contribution in [-0.2, 0) is 36.9 Å². The van der Waals surface area contributed by atoms with Crippen molar-refractivity contribution >= 4 is 0 Å². The standard InChI is InChI=1S/C17H13FO.C17H16O.2C2H6/c1-2-17(19)14-7-4-3-6-12(14)10-11-13-15(17)8-5-9-16(13)18;1-2-17(18)15-9-5-3-7-13(15)11-12-14-8-4-6-10-16(14)17;2*1-2/h1,3-9,19H,10-11H2;2-10,18H,1,11-12H2;2*1-2H3. The van der Waals surface area contributed by atoms with Gasteiger partial charge in [-0.1, -0.05) is 131 Å². The lowest BCUT2D eigenvalue weighted by atomic mass is 9.84. The van der Waals surface area contributed by atoms with E-state index >= 15 is 0 Å². The van der Waals surface area contributed by atoms with Gasteiger partial charge in [-0.3, -0.25) is 0 Å². The molecule has 0 bridgehead atoms. The first kappa shape index (κ1) is 31.6. The van der Waals surface area contributed by atoms with Gasteiger partial charge in [0.1, 0.15) is 11.4 Å². The maximum absolute atomic E-state index is 14.0. The van der Waals surface area contributed by atoms with Crippen molar-refractivity contribution in [3.63, 3.8) is 0 Å². The lowest BCUT2D eigenvalue weighted by Gasteiger charge is -2.27. The Morgan fingerprint density at radius 1 is 0.659 bits per heavy atom. The van der Waals surface area contributed by atoms with Crippen LogP contribution in [0, 0.1) is 18.2 Å². The highest BCUT2D eigenvalue weighted by atomic mass is 19.1.